The number of esters is 1. The molecule has 0 N–H and O–H groups in total. The van der Waals surface area contributed by atoms with Crippen molar-refractivity contribution in [3.63, 3.8) is 0 Å². The van der Waals surface area contributed by atoms with Gasteiger partial charge in [0.2, 0.25) is 5.28 Å². The fraction of sp³-hybridized carbons (Fsp3) is 0.231. The van der Waals surface area contributed by atoms with Gasteiger partial charge in [-0.2, -0.15) is 13.2 Å². The first kappa shape index (κ1) is 15.4. The van der Waals surface area contributed by atoms with Gasteiger partial charge >= 0.3 is 12.1 Å². The summed E-state index contributed by atoms with van der Waals surface area (Å²) >= 11 is 5.86. The lowest BCUT2D eigenvalue weighted by atomic mass is 10.1. The number of alkyl halides is 3. The largest absolute Gasteiger partial charge is 0.464 e. The van der Waals surface area contributed by atoms with Gasteiger partial charge in [-0.15, -0.1) is 0 Å². The SMILES string of the molecule is COC(=O)c1cnc(Cl)n1Cc1ccc(C(F)(F)F)cc1. The number of hydrogen-bond acceptors (Lipinski definition) is 3. The average Bonchev–Trinajstić information content (AvgIpc) is 2.79. The zero-order chi connectivity index (χ0) is 15.6. The van der Waals surface area contributed by atoms with Gasteiger partial charge in [0.15, 0.2) is 0 Å². The molecule has 2 rings (SSSR count). The monoisotopic (exact) mass is 318 g/mol. The molecule has 4 nitrogen and oxygen atoms in total. The highest BCUT2D eigenvalue weighted by Gasteiger charge is 2.30. The number of halogens is 4. The van der Waals surface area contributed by atoms with Gasteiger partial charge in [-0.25, -0.2) is 9.78 Å². The first-order chi connectivity index (χ1) is 9.82. The maximum absolute atomic E-state index is 12.5. The van der Waals surface area contributed by atoms with Crippen LogP contribution in [0.15, 0.2) is 30.5 Å². The van der Waals surface area contributed by atoms with E-state index >= 15 is 0 Å². The summed E-state index contributed by atoms with van der Waals surface area (Å²) < 4.78 is 43.4. The lowest BCUT2D eigenvalue weighted by molar-refractivity contribution is -0.137. The van der Waals surface area contributed by atoms with Crippen molar-refractivity contribution in [1.82, 2.24) is 9.55 Å². The third kappa shape index (κ3) is 3.36. The standard InChI is InChI=1S/C13H10ClF3N2O2/c1-21-11(20)10-6-18-12(14)19(10)7-8-2-4-9(5-3-8)13(15,16)17/h2-6H,7H2,1H3. The van der Waals surface area contributed by atoms with Crippen molar-refractivity contribution in [2.24, 2.45) is 0 Å². The van der Waals surface area contributed by atoms with Gasteiger partial charge in [0.1, 0.15) is 5.69 Å². The van der Waals surface area contributed by atoms with Gasteiger partial charge in [0, 0.05) is 0 Å². The molecular weight excluding hydrogens is 309 g/mol. The third-order valence-electron chi connectivity index (χ3n) is 2.82. The van der Waals surface area contributed by atoms with Crippen LogP contribution < -0.4 is 0 Å². The molecule has 21 heavy (non-hydrogen) atoms. The predicted octanol–water partition coefficient (Wildman–Crippen LogP) is 3.39. The summed E-state index contributed by atoms with van der Waals surface area (Å²) in [6.07, 6.45) is -3.14. The van der Waals surface area contributed by atoms with Gasteiger partial charge < -0.3 is 9.30 Å². The molecule has 0 aliphatic heterocycles. The maximum atomic E-state index is 12.5. The number of benzene rings is 1. The van der Waals surface area contributed by atoms with Crippen LogP contribution in [0, 0.1) is 0 Å². The molecule has 0 aliphatic rings. The summed E-state index contributed by atoms with van der Waals surface area (Å²) in [5.74, 6) is -0.624. The smallest absolute Gasteiger partial charge is 0.416 e. The van der Waals surface area contributed by atoms with E-state index in [1.807, 2.05) is 0 Å². The first-order valence-electron chi connectivity index (χ1n) is 5.78. The highest BCUT2D eigenvalue weighted by Crippen LogP contribution is 2.29. The molecular formula is C13H10ClF3N2O2. The molecule has 8 heteroatoms. The normalized spacial score (nSPS) is 11.5. The quantitative estimate of drug-likeness (QED) is 0.815. The Morgan fingerprint density at radius 3 is 2.48 bits per heavy atom. The van der Waals surface area contributed by atoms with E-state index in [1.54, 1.807) is 0 Å². The Morgan fingerprint density at radius 2 is 1.95 bits per heavy atom. The second-order valence-corrected chi connectivity index (χ2v) is 4.52. The molecule has 1 aromatic carbocycles. The van der Waals surface area contributed by atoms with Gasteiger partial charge in [-0.1, -0.05) is 12.1 Å². The third-order valence-corrected chi connectivity index (χ3v) is 3.13. The number of hydrogen-bond donors (Lipinski definition) is 0. The molecule has 0 saturated carbocycles. The fourth-order valence-electron chi connectivity index (χ4n) is 1.75. The second kappa shape index (κ2) is 5.77. The van der Waals surface area contributed by atoms with E-state index in [2.05, 4.69) is 9.72 Å². The van der Waals surface area contributed by atoms with Crippen molar-refractivity contribution < 1.29 is 22.7 Å². The van der Waals surface area contributed by atoms with Crippen LogP contribution in [0.25, 0.3) is 0 Å². The number of carbonyl (C=O) groups excluding carboxylic acids is 1. The second-order valence-electron chi connectivity index (χ2n) is 4.18. The van der Waals surface area contributed by atoms with E-state index < -0.39 is 17.7 Å². The molecule has 2 aromatic rings. The molecule has 0 radical (unpaired) electrons. The van der Waals surface area contributed by atoms with Gasteiger partial charge in [-0.05, 0) is 29.3 Å². The number of nitrogens with zero attached hydrogens (tertiary/aromatic N) is 2. The van der Waals surface area contributed by atoms with Crippen LogP contribution in [0.2, 0.25) is 5.28 Å². The van der Waals surface area contributed by atoms with Crippen LogP contribution in [0.4, 0.5) is 13.2 Å². The Balaban J connectivity index is 2.27. The van der Waals surface area contributed by atoms with E-state index in [0.29, 0.717) is 5.56 Å². The summed E-state index contributed by atoms with van der Waals surface area (Å²) in [4.78, 5) is 15.3. The summed E-state index contributed by atoms with van der Waals surface area (Å²) in [6.45, 7) is 0.113. The Bertz CT molecular complexity index is 650. The van der Waals surface area contributed by atoms with Crippen molar-refractivity contribution >= 4 is 17.6 Å². The maximum Gasteiger partial charge on any atom is 0.416 e. The van der Waals surface area contributed by atoms with Gasteiger partial charge in [0.05, 0.1) is 25.4 Å². The molecule has 0 unspecified atom stereocenters. The Kier molecular flexibility index (Phi) is 4.22. The summed E-state index contributed by atoms with van der Waals surface area (Å²) in [7, 11) is 1.21. The van der Waals surface area contributed by atoms with Crippen LogP contribution in [0.3, 0.4) is 0 Å². The van der Waals surface area contributed by atoms with Crippen LogP contribution >= 0.6 is 11.6 Å². The number of ether oxygens (including phenoxy) is 1. The number of carbonyl (C=O) groups is 1. The molecule has 0 bridgehead atoms. The summed E-state index contributed by atoms with van der Waals surface area (Å²) in [5.41, 5.74) is -0.0633. The molecule has 112 valence electrons. The van der Waals surface area contributed by atoms with Crippen LogP contribution in [0.1, 0.15) is 21.6 Å². The Labute approximate surface area is 123 Å². The minimum absolute atomic E-state index is 0.0512. The zero-order valence-corrected chi connectivity index (χ0v) is 11.6. The van der Waals surface area contributed by atoms with E-state index in [-0.39, 0.29) is 17.5 Å². The van der Waals surface area contributed by atoms with E-state index in [0.717, 1.165) is 12.1 Å². The van der Waals surface area contributed by atoms with Crippen molar-refractivity contribution in [2.45, 2.75) is 12.7 Å². The number of aromatic nitrogens is 2. The summed E-state index contributed by atoms with van der Waals surface area (Å²) in [6, 6.07) is 4.58. The Morgan fingerprint density at radius 1 is 1.33 bits per heavy atom. The number of rotatable bonds is 3. The lowest BCUT2D eigenvalue weighted by Gasteiger charge is -2.10. The fourth-order valence-corrected chi connectivity index (χ4v) is 1.95. The molecule has 1 heterocycles. The van der Waals surface area contributed by atoms with Gasteiger partial charge in [0.25, 0.3) is 0 Å². The molecule has 0 atom stereocenters. The molecule has 1 aromatic heterocycles. The topological polar surface area (TPSA) is 44.1 Å². The first-order valence-corrected chi connectivity index (χ1v) is 6.16. The van der Waals surface area contributed by atoms with Gasteiger partial charge in [-0.3, -0.25) is 0 Å². The van der Waals surface area contributed by atoms with E-state index in [4.69, 9.17) is 11.6 Å². The lowest BCUT2D eigenvalue weighted by Crippen LogP contribution is -2.12. The minimum Gasteiger partial charge on any atom is -0.464 e. The van der Waals surface area contributed by atoms with E-state index in [9.17, 15) is 18.0 Å². The molecule has 0 amide bonds. The molecule has 0 saturated heterocycles. The minimum atomic E-state index is -4.39. The number of methoxy groups -OCH3 is 1. The van der Waals surface area contributed by atoms with Crippen molar-refractivity contribution in [3.8, 4) is 0 Å². The molecule has 0 fully saturated rings. The highest BCUT2D eigenvalue weighted by atomic mass is 35.5. The Hall–Kier alpha value is -2.02. The van der Waals surface area contributed by atoms with E-state index in [1.165, 1.54) is 30.0 Å². The molecule has 0 aliphatic carbocycles. The zero-order valence-electron chi connectivity index (χ0n) is 10.8. The average molecular weight is 319 g/mol. The summed E-state index contributed by atoms with van der Waals surface area (Å²) in [5, 5.41) is 0.0512. The van der Waals surface area contributed by atoms with Crippen molar-refractivity contribution in [3.05, 3.63) is 52.6 Å². The van der Waals surface area contributed by atoms with Crippen molar-refractivity contribution in [1.29, 1.82) is 0 Å². The molecule has 0 spiro atoms. The highest BCUT2D eigenvalue weighted by molar-refractivity contribution is 6.28. The number of imidazole rings is 1. The van der Waals surface area contributed by atoms with Crippen LogP contribution in [-0.4, -0.2) is 22.6 Å². The van der Waals surface area contributed by atoms with Crippen LogP contribution in [-0.2, 0) is 17.5 Å². The predicted molar refractivity (Wildman–Crippen MR) is 69.1 cm³/mol. The van der Waals surface area contributed by atoms with Crippen molar-refractivity contribution in [2.75, 3.05) is 7.11 Å². The van der Waals surface area contributed by atoms with Crippen LogP contribution in [0.5, 0.6) is 0 Å².